The van der Waals surface area contributed by atoms with Crippen LogP contribution < -0.4 is 10.1 Å². The smallest absolute Gasteiger partial charge is 0.336 e. The zero-order valence-corrected chi connectivity index (χ0v) is 20.3. The summed E-state index contributed by atoms with van der Waals surface area (Å²) in [5.41, 5.74) is 0.592. The van der Waals surface area contributed by atoms with E-state index in [9.17, 15) is 18.0 Å². The van der Waals surface area contributed by atoms with Crippen molar-refractivity contribution in [2.45, 2.75) is 36.3 Å². The molecule has 2 fully saturated rings. The van der Waals surface area contributed by atoms with Crippen molar-refractivity contribution >= 4 is 33.7 Å². The van der Waals surface area contributed by atoms with E-state index in [1.807, 2.05) is 0 Å². The first-order chi connectivity index (χ1) is 15.9. The van der Waals surface area contributed by atoms with Crippen LogP contribution in [0.5, 0.6) is 5.75 Å². The van der Waals surface area contributed by atoms with Crippen LogP contribution >= 0.6 is 11.8 Å². The Bertz CT molecular complexity index is 1060. The quantitative estimate of drug-likeness (QED) is 0.572. The van der Waals surface area contributed by atoms with Crippen molar-refractivity contribution in [2.24, 2.45) is 5.92 Å². The van der Waals surface area contributed by atoms with Crippen LogP contribution in [0.25, 0.3) is 0 Å². The Labute approximate surface area is 197 Å². The van der Waals surface area contributed by atoms with E-state index in [0.29, 0.717) is 23.8 Å². The lowest BCUT2D eigenvalue weighted by Crippen LogP contribution is -2.40. The van der Waals surface area contributed by atoms with Crippen molar-refractivity contribution in [3.63, 3.8) is 0 Å². The molecule has 1 saturated carbocycles. The fraction of sp³-hybridized carbons (Fsp3) is 0.545. The van der Waals surface area contributed by atoms with E-state index in [1.165, 1.54) is 41.4 Å². The van der Waals surface area contributed by atoms with E-state index < -0.39 is 21.9 Å². The van der Waals surface area contributed by atoms with E-state index in [4.69, 9.17) is 14.2 Å². The number of ether oxygens (including phenoxy) is 3. The van der Waals surface area contributed by atoms with E-state index in [-0.39, 0.29) is 47.1 Å². The number of sulfonamides is 1. The molecule has 0 spiro atoms. The molecule has 1 saturated heterocycles. The summed E-state index contributed by atoms with van der Waals surface area (Å²) in [5, 5.41) is 3.55. The minimum Gasteiger partial charge on any atom is -0.496 e. The van der Waals surface area contributed by atoms with Gasteiger partial charge in [-0.1, -0.05) is 6.42 Å². The van der Waals surface area contributed by atoms with Gasteiger partial charge in [-0.3, -0.25) is 4.79 Å². The number of morpholine rings is 1. The molecule has 4 rings (SSSR count). The SMILES string of the molecule is CCOC(=O)C1=C(NC(=O)c2cc(S(=O)(=O)N3CCOCC3)ccc2OC)S[C@@H]2CCC[C@H]12. The van der Waals surface area contributed by atoms with Gasteiger partial charge in [-0.25, -0.2) is 13.2 Å². The molecule has 0 radical (unpaired) electrons. The molecule has 1 aromatic rings. The van der Waals surface area contributed by atoms with Crippen LogP contribution in [0.2, 0.25) is 0 Å². The van der Waals surface area contributed by atoms with Gasteiger partial charge in [0.05, 0.1) is 48.0 Å². The first-order valence-corrected chi connectivity index (χ1v) is 13.3. The van der Waals surface area contributed by atoms with Gasteiger partial charge in [0.1, 0.15) is 5.75 Å². The Morgan fingerprint density at radius 2 is 2.00 bits per heavy atom. The molecule has 0 unspecified atom stereocenters. The molecule has 0 aromatic heterocycles. The monoisotopic (exact) mass is 496 g/mol. The molecular weight excluding hydrogens is 468 g/mol. The van der Waals surface area contributed by atoms with Gasteiger partial charge < -0.3 is 19.5 Å². The van der Waals surface area contributed by atoms with Gasteiger partial charge in [0, 0.05) is 24.3 Å². The molecule has 1 aromatic carbocycles. The first kappa shape index (κ1) is 24.1. The van der Waals surface area contributed by atoms with Crippen molar-refractivity contribution < 1.29 is 32.2 Å². The van der Waals surface area contributed by atoms with Crippen LogP contribution in [0.4, 0.5) is 0 Å². The number of nitrogens with zero attached hydrogens (tertiary/aromatic N) is 1. The van der Waals surface area contributed by atoms with Gasteiger partial charge >= 0.3 is 5.97 Å². The maximum absolute atomic E-state index is 13.3. The summed E-state index contributed by atoms with van der Waals surface area (Å²) in [7, 11) is -2.37. The highest BCUT2D eigenvalue weighted by Crippen LogP contribution is 2.50. The number of carbonyl (C=O) groups is 2. The van der Waals surface area contributed by atoms with Gasteiger partial charge in [-0.05, 0) is 38.0 Å². The third kappa shape index (κ3) is 4.77. The summed E-state index contributed by atoms with van der Waals surface area (Å²) in [6, 6.07) is 4.22. The molecule has 11 heteroatoms. The fourth-order valence-corrected chi connectivity index (χ4v) is 7.43. The number of benzene rings is 1. The molecule has 2 heterocycles. The number of hydrogen-bond donors (Lipinski definition) is 1. The topological polar surface area (TPSA) is 111 Å². The molecule has 1 amide bonds. The number of esters is 1. The predicted octanol–water partition coefficient (Wildman–Crippen LogP) is 2.14. The fourth-order valence-electron chi connectivity index (χ4n) is 4.46. The molecule has 180 valence electrons. The number of thioether (sulfide) groups is 1. The number of methoxy groups -OCH3 is 1. The minimum absolute atomic E-state index is 0.00545. The van der Waals surface area contributed by atoms with Crippen LogP contribution in [0, 0.1) is 5.92 Å². The van der Waals surface area contributed by atoms with Crippen molar-refractivity contribution in [2.75, 3.05) is 40.0 Å². The van der Waals surface area contributed by atoms with Gasteiger partial charge in [0.15, 0.2) is 0 Å². The van der Waals surface area contributed by atoms with E-state index in [2.05, 4.69) is 5.32 Å². The van der Waals surface area contributed by atoms with Crippen molar-refractivity contribution in [3.8, 4) is 5.75 Å². The van der Waals surface area contributed by atoms with Gasteiger partial charge in [-0.15, -0.1) is 11.8 Å². The van der Waals surface area contributed by atoms with E-state index >= 15 is 0 Å². The standard InChI is InChI=1S/C22H28N2O7S2/c1-3-31-22(26)19-15-5-4-6-18(15)32-21(19)23-20(25)16-13-14(7-8-17(16)29-2)33(27,28)24-9-11-30-12-10-24/h7-8,13,15,18H,3-6,9-12H2,1-2H3,(H,23,25)/t15-,18+/m0/s1. The molecule has 0 bridgehead atoms. The lowest BCUT2D eigenvalue weighted by Gasteiger charge is -2.26. The molecule has 9 nitrogen and oxygen atoms in total. The number of rotatable bonds is 7. The highest BCUT2D eigenvalue weighted by Gasteiger charge is 2.43. The first-order valence-electron chi connectivity index (χ1n) is 11.0. The second-order valence-corrected chi connectivity index (χ2v) is 11.2. The lowest BCUT2D eigenvalue weighted by molar-refractivity contribution is -0.139. The van der Waals surface area contributed by atoms with E-state index in [0.717, 1.165) is 19.3 Å². The molecule has 1 N–H and O–H groups in total. The summed E-state index contributed by atoms with van der Waals surface area (Å²) in [4.78, 5) is 25.9. The van der Waals surface area contributed by atoms with Gasteiger partial charge in [-0.2, -0.15) is 4.31 Å². The highest BCUT2D eigenvalue weighted by atomic mass is 32.2. The Morgan fingerprint density at radius 3 is 2.70 bits per heavy atom. The van der Waals surface area contributed by atoms with Crippen LogP contribution in [0.3, 0.4) is 0 Å². The van der Waals surface area contributed by atoms with Crippen LogP contribution in [-0.2, 0) is 24.3 Å². The zero-order chi connectivity index (χ0) is 23.6. The zero-order valence-electron chi connectivity index (χ0n) is 18.7. The van der Waals surface area contributed by atoms with Crippen LogP contribution in [0.1, 0.15) is 36.5 Å². The van der Waals surface area contributed by atoms with E-state index in [1.54, 1.807) is 6.92 Å². The largest absolute Gasteiger partial charge is 0.496 e. The molecule has 3 aliphatic rings. The van der Waals surface area contributed by atoms with Crippen LogP contribution in [-0.4, -0.2) is 69.9 Å². The summed E-state index contributed by atoms with van der Waals surface area (Å²) in [6.07, 6.45) is 2.87. The van der Waals surface area contributed by atoms with Crippen molar-refractivity contribution in [1.82, 2.24) is 9.62 Å². The minimum atomic E-state index is -3.79. The second kappa shape index (κ2) is 10.0. The number of hydrogen-bond acceptors (Lipinski definition) is 8. The molecule has 1 aliphatic carbocycles. The van der Waals surface area contributed by atoms with Crippen LogP contribution in [0.15, 0.2) is 33.7 Å². The summed E-state index contributed by atoms with van der Waals surface area (Å²) in [5.74, 6) is -0.644. The summed E-state index contributed by atoms with van der Waals surface area (Å²) >= 11 is 1.48. The maximum atomic E-state index is 13.3. The Hall–Kier alpha value is -2.08. The maximum Gasteiger partial charge on any atom is 0.336 e. The molecule has 2 atom stereocenters. The van der Waals surface area contributed by atoms with Crippen molar-refractivity contribution in [1.29, 1.82) is 0 Å². The van der Waals surface area contributed by atoms with Gasteiger partial charge in [0.25, 0.3) is 5.91 Å². The number of carbonyl (C=O) groups excluding carboxylic acids is 2. The third-order valence-electron chi connectivity index (χ3n) is 6.08. The Balaban J connectivity index is 1.64. The Kier molecular flexibility index (Phi) is 7.32. The average Bonchev–Trinajstić information content (AvgIpc) is 3.40. The average molecular weight is 497 g/mol. The molecular formula is C22H28N2O7S2. The van der Waals surface area contributed by atoms with Gasteiger partial charge in [0.2, 0.25) is 10.0 Å². The second-order valence-electron chi connectivity index (χ2n) is 7.99. The molecule has 33 heavy (non-hydrogen) atoms. The number of fused-ring (bicyclic) bond motifs is 1. The lowest BCUT2D eigenvalue weighted by atomic mass is 9.98. The molecule has 2 aliphatic heterocycles. The normalized spacial score (nSPS) is 23.3. The summed E-state index contributed by atoms with van der Waals surface area (Å²) in [6.45, 7) is 3.16. The third-order valence-corrected chi connectivity index (χ3v) is 9.40. The number of nitrogens with one attached hydrogen (secondary N) is 1. The Morgan fingerprint density at radius 1 is 1.24 bits per heavy atom. The highest BCUT2D eigenvalue weighted by molar-refractivity contribution is 8.04. The summed E-state index contributed by atoms with van der Waals surface area (Å²) < 4.78 is 43.3. The number of amides is 1. The van der Waals surface area contributed by atoms with Crippen molar-refractivity contribution in [3.05, 3.63) is 34.4 Å². The predicted molar refractivity (Wildman–Crippen MR) is 122 cm³/mol.